The molecule has 0 saturated carbocycles. The lowest BCUT2D eigenvalue weighted by atomic mass is 10.5. The van der Waals surface area contributed by atoms with Crippen LogP contribution in [0.3, 0.4) is 0 Å². The van der Waals surface area contributed by atoms with Crippen molar-refractivity contribution in [1.82, 2.24) is 20.6 Å². The highest BCUT2D eigenvalue weighted by molar-refractivity contribution is 9.09. The minimum Gasteiger partial charge on any atom is -0.292 e. The van der Waals surface area contributed by atoms with Gasteiger partial charge in [0.2, 0.25) is 5.91 Å². The van der Waals surface area contributed by atoms with Crippen LogP contribution in [0.5, 0.6) is 0 Å². The van der Waals surface area contributed by atoms with Crippen molar-refractivity contribution in [2.24, 2.45) is 0 Å². The SMILES string of the molecule is O=C(CCBr)Nc1nn[nH]n1. The summed E-state index contributed by atoms with van der Waals surface area (Å²) in [5.74, 6) is 0.0687. The lowest BCUT2D eigenvalue weighted by molar-refractivity contribution is -0.115. The maximum Gasteiger partial charge on any atom is 0.269 e. The number of carbonyl (C=O) groups excluding carboxylic acids is 1. The van der Waals surface area contributed by atoms with Crippen LogP contribution in [-0.4, -0.2) is 31.9 Å². The fourth-order valence-electron chi connectivity index (χ4n) is 0.488. The molecule has 0 atom stereocenters. The normalized spacial score (nSPS) is 9.55. The van der Waals surface area contributed by atoms with Gasteiger partial charge in [-0.05, 0) is 5.21 Å². The second-order valence-electron chi connectivity index (χ2n) is 1.72. The van der Waals surface area contributed by atoms with Crippen LogP contribution >= 0.6 is 15.9 Å². The first-order chi connectivity index (χ1) is 5.33. The Balaban J connectivity index is 2.37. The zero-order valence-electron chi connectivity index (χ0n) is 5.54. The molecule has 0 radical (unpaired) electrons. The summed E-state index contributed by atoms with van der Waals surface area (Å²) in [6.45, 7) is 0. The van der Waals surface area contributed by atoms with E-state index in [1.54, 1.807) is 0 Å². The van der Waals surface area contributed by atoms with E-state index in [1.807, 2.05) is 0 Å². The number of aromatic nitrogens is 4. The third-order valence-corrected chi connectivity index (χ3v) is 1.31. The number of anilines is 1. The number of aromatic amines is 1. The molecule has 11 heavy (non-hydrogen) atoms. The molecule has 60 valence electrons. The summed E-state index contributed by atoms with van der Waals surface area (Å²) in [6, 6.07) is 0. The highest BCUT2D eigenvalue weighted by atomic mass is 79.9. The van der Waals surface area contributed by atoms with Gasteiger partial charge < -0.3 is 0 Å². The number of amides is 1. The van der Waals surface area contributed by atoms with Crippen molar-refractivity contribution >= 4 is 27.8 Å². The van der Waals surface area contributed by atoms with Crippen LogP contribution in [0.4, 0.5) is 5.95 Å². The zero-order valence-corrected chi connectivity index (χ0v) is 7.13. The Morgan fingerprint density at radius 1 is 1.73 bits per heavy atom. The van der Waals surface area contributed by atoms with Crippen molar-refractivity contribution in [3.05, 3.63) is 0 Å². The molecule has 1 aromatic rings. The smallest absolute Gasteiger partial charge is 0.269 e. The Kier molecular flexibility index (Phi) is 2.96. The second kappa shape index (κ2) is 4.02. The molecule has 1 aromatic heterocycles. The van der Waals surface area contributed by atoms with Gasteiger partial charge in [0.1, 0.15) is 0 Å². The molecule has 1 amide bonds. The van der Waals surface area contributed by atoms with E-state index in [4.69, 9.17) is 0 Å². The summed E-state index contributed by atoms with van der Waals surface area (Å²) in [5.41, 5.74) is 0. The number of hydrogen-bond acceptors (Lipinski definition) is 4. The van der Waals surface area contributed by atoms with E-state index in [-0.39, 0.29) is 11.9 Å². The maximum atomic E-state index is 10.8. The lowest BCUT2D eigenvalue weighted by Crippen LogP contribution is -2.12. The van der Waals surface area contributed by atoms with Gasteiger partial charge >= 0.3 is 0 Å². The molecule has 0 fully saturated rings. The molecule has 0 bridgehead atoms. The van der Waals surface area contributed by atoms with Crippen LogP contribution in [0, 0.1) is 0 Å². The highest BCUT2D eigenvalue weighted by Crippen LogP contribution is 1.94. The van der Waals surface area contributed by atoms with E-state index in [0.717, 1.165) is 0 Å². The van der Waals surface area contributed by atoms with E-state index in [2.05, 4.69) is 41.9 Å². The van der Waals surface area contributed by atoms with Gasteiger partial charge in [0.25, 0.3) is 5.95 Å². The predicted octanol–water partition coefficient (Wildman–Crippen LogP) is -0.0768. The van der Waals surface area contributed by atoms with Crippen LogP contribution in [-0.2, 0) is 4.79 Å². The fraction of sp³-hybridized carbons (Fsp3) is 0.500. The first kappa shape index (κ1) is 8.12. The van der Waals surface area contributed by atoms with Gasteiger partial charge in [-0.2, -0.15) is 5.21 Å². The quantitative estimate of drug-likeness (QED) is 0.698. The Labute approximate surface area is 70.9 Å². The Morgan fingerprint density at radius 3 is 3.09 bits per heavy atom. The summed E-state index contributed by atoms with van der Waals surface area (Å²) in [6.07, 6.45) is 0.397. The lowest BCUT2D eigenvalue weighted by Gasteiger charge is -1.94. The Bertz CT molecular complexity index is 222. The molecule has 0 aliphatic heterocycles. The molecular formula is C4H6BrN5O. The van der Waals surface area contributed by atoms with Gasteiger partial charge in [-0.15, -0.1) is 5.10 Å². The molecule has 0 spiro atoms. The molecule has 0 aromatic carbocycles. The van der Waals surface area contributed by atoms with E-state index < -0.39 is 0 Å². The topological polar surface area (TPSA) is 83.6 Å². The van der Waals surface area contributed by atoms with E-state index >= 15 is 0 Å². The number of rotatable bonds is 3. The van der Waals surface area contributed by atoms with E-state index in [9.17, 15) is 4.79 Å². The van der Waals surface area contributed by atoms with Gasteiger partial charge in [0.15, 0.2) is 0 Å². The van der Waals surface area contributed by atoms with Crippen LogP contribution in [0.15, 0.2) is 0 Å². The molecule has 6 nitrogen and oxygen atoms in total. The van der Waals surface area contributed by atoms with Crippen molar-refractivity contribution < 1.29 is 4.79 Å². The first-order valence-electron chi connectivity index (χ1n) is 2.92. The van der Waals surface area contributed by atoms with E-state index in [0.29, 0.717) is 11.8 Å². The number of nitrogens with one attached hydrogen (secondary N) is 2. The van der Waals surface area contributed by atoms with Gasteiger partial charge in [-0.1, -0.05) is 21.0 Å². The molecule has 2 N–H and O–H groups in total. The molecule has 7 heteroatoms. The van der Waals surface area contributed by atoms with Gasteiger partial charge in [-0.3, -0.25) is 10.1 Å². The van der Waals surface area contributed by atoms with Crippen molar-refractivity contribution in [3.63, 3.8) is 0 Å². The Morgan fingerprint density at radius 2 is 2.55 bits per heavy atom. The van der Waals surface area contributed by atoms with E-state index in [1.165, 1.54) is 0 Å². The van der Waals surface area contributed by atoms with Crippen molar-refractivity contribution in [3.8, 4) is 0 Å². The summed E-state index contributed by atoms with van der Waals surface area (Å²) in [5, 5.41) is 15.6. The monoisotopic (exact) mass is 219 g/mol. The largest absolute Gasteiger partial charge is 0.292 e. The van der Waals surface area contributed by atoms with Gasteiger partial charge in [0, 0.05) is 11.8 Å². The van der Waals surface area contributed by atoms with Gasteiger partial charge in [-0.25, -0.2) is 0 Å². The van der Waals surface area contributed by atoms with Crippen molar-refractivity contribution in [1.29, 1.82) is 0 Å². The number of halogens is 1. The average molecular weight is 220 g/mol. The molecule has 1 heterocycles. The number of hydrogen-bond donors (Lipinski definition) is 2. The molecule has 0 aliphatic carbocycles. The number of carbonyl (C=O) groups is 1. The summed E-state index contributed by atoms with van der Waals surface area (Å²) in [4.78, 5) is 10.8. The number of alkyl halides is 1. The summed E-state index contributed by atoms with van der Waals surface area (Å²) >= 11 is 3.13. The highest BCUT2D eigenvalue weighted by Gasteiger charge is 2.02. The summed E-state index contributed by atoms with van der Waals surface area (Å²) < 4.78 is 0. The molecular weight excluding hydrogens is 214 g/mol. The number of nitrogens with zero attached hydrogens (tertiary/aromatic N) is 3. The third kappa shape index (κ3) is 2.62. The van der Waals surface area contributed by atoms with Crippen molar-refractivity contribution in [2.45, 2.75) is 6.42 Å². The standard InChI is InChI=1S/C4H6BrN5O/c5-2-1-3(11)6-4-7-9-10-8-4/h1-2H2,(H2,6,7,8,9,10,11). The predicted molar refractivity (Wildman–Crippen MR) is 41.2 cm³/mol. The van der Waals surface area contributed by atoms with Crippen molar-refractivity contribution in [2.75, 3.05) is 10.6 Å². The van der Waals surface area contributed by atoms with Crippen LogP contribution < -0.4 is 5.32 Å². The second-order valence-corrected chi connectivity index (χ2v) is 2.52. The minimum atomic E-state index is -0.136. The number of H-pyrrole nitrogens is 1. The first-order valence-corrected chi connectivity index (χ1v) is 4.04. The van der Waals surface area contributed by atoms with Crippen LogP contribution in [0.2, 0.25) is 0 Å². The van der Waals surface area contributed by atoms with Crippen LogP contribution in [0.1, 0.15) is 6.42 Å². The molecule has 0 saturated heterocycles. The molecule has 0 unspecified atom stereocenters. The Hall–Kier alpha value is -0.980. The summed E-state index contributed by atoms with van der Waals surface area (Å²) in [7, 11) is 0. The maximum absolute atomic E-state index is 10.8. The van der Waals surface area contributed by atoms with Gasteiger partial charge in [0.05, 0.1) is 0 Å². The zero-order chi connectivity index (χ0) is 8.10. The van der Waals surface area contributed by atoms with Crippen LogP contribution in [0.25, 0.3) is 0 Å². The average Bonchev–Trinajstić information content (AvgIpc) is 2.40. The minimum absolute atomic E-state index is 0.136. The third-order valence-electron chi connectivity index (χ3n) is 0.918. The molecule has 0 aliphatic rings. The fourth-order valence-corrected chi connectivity index (χ4v) is 0.848. The number of tetrazole rings is 1. The molecule has 1 rings (SSSR count).